The standard InChI is InChI=1S/C21H21N5O3/c27-19(12-11-18-25-17-4-2-1-3-16(17)20(28)26-18)22-13-5-7-14(8-6-13)23-21(29)24-15-9-10-15/h1-8,15H,9-12H2,(H,22,27)(H2,23,24,29)(H,25,26,28). The number of nitrogens with one attached hydrogen (secondary N) is 4. The van der Waals surface area contributed by atoms with E-state index in [1.54, 1.807) is 42.5 Å². The van der Waals surface area contributed by atoms with Crippen LogP contribution in [0.5, 0.6) is 0 Å². The lowest BCUT2D eigenvalue weighted by Crippen LogP contribution is -2.30. The number of nitrogens with zero attached hydrogens (tertiary/aromatic N) is 1. The molecule has 3 aromatic rings. The van der Waals surface area contributed by atoms with Crippen molar-refractivity contribution in [1.82, 2.24) is 15.3 Å². The Balaban J connectivity index is 1.30. The first-order valence-corrected chi connectivity index (χ1v) is 9.52. The number of H-pyrrole nitrogens is 1. The maximum atomic E-state index is 12.2. The molecule has 8 heteroatoms. The second-order valence-electron chi connectivity index (χ2n) is 7.03. The average Bonchev–Trinajstić information content (AvgIpc) is 3.52. The molecule has 0 unspecified atom stereocenters. The molecule has 0 aliphatic heterocycles. The molecule has 0 bridgehead atoms. The molecule has 4 rings (SSSR count). The Hall–Kier alpha value is -3.68. The molecule has 3 amide bonds. The van der Waals surface area contributed by atoms with E-state index in [1.165, 1.54) is 0 Å². The number of urea groups is 1. The van der Waals surface area contributed by atoms with Crippen LogP contribution in [0.3, 0.4) is 0 Å². The monoisotopic (exact) mass is 391 g/mol. The number of hydrogen-bond donors (Lipinski definition) is 4. The fraction of sp³-hybridized carbons (Fsp3) is 0.238. The molecular weight excluding hydrogens is 370 g/mol. The second-order valence-corrected chi connectivity index (χ2v) is 7.03. The van der Waals surface area contributed by atoms with Gasteiger partial charge in [-0.3, -0.25) is 9.59 Å². The van der Waals surface area contributed by atoms with Crippen molar-refractivity contribution in [3.63, 3.8) is 0 Å². The quantitative estimate of drug-likeness (QED) is 0.517. The molecule has 1 aliphatic carbocycles. The lowest BCUT2D eigenvalue weighted by Gasteiger charge is -2.09. The summed E-state index contributed by atoms with van der Waals surface area (Å²) in [5, 5.41) is 8.93. The largest absolute Gasteiger partial charge is 0.335 e. The molecule has 4 N–H and O–H groups in total. The number of aromatic amines is 1. The van der Waals surface area contributed by atoms with Crippen molar-refractivity contribution in [2.75, 3.05) is 10.6 Å². The fourth-order valence-electron chi connectivity index (χ4n) is 2.93. The fourth-order valence-corrected chi connectivity index (χ4v) is 2.93. The van der Waals surface area contributed by atoms with E-state index in [-0.39, 0.29) is 23.9 Å². The Morgan fingerprint density at radius 2 is 1.69 bits per heavy atom. The average molecular weight is 391 g/mol. The molecule has 0 atom stereocenters. The highest BCUT2D eigenvalue weighted by Crippen LogP contribution is 2.19. The van der Waals surface area contributed by atoms with Gasteiger partial charge in [-0.25, -0.2) is 9.78 Å². The normalized spacial score (nSPS) is 13.1. The highest BCUT2D eigenvalue weighted by atomic mass is 16.2. The van der Waals surface area contributed by atoms with Crippen molar-refractivity contribution in [2.45, 2.75) is 31.7 Å². The van der Waals surface area contributed by atoms with Crippen molar-refractivity contribution in [3.05, 3.63) is 64.7 Å². The first-order chi connectivity index (χ1) is 14.1. The molecule has 1 fully saturated rings. The van der Waals surface area contributed by atoms with Gasteiger partial charge in [0.25, 0.3) is 5.56 Å². The third kappa shape index (κ3) is 4.98. The van der Waals surface area contributed by atoms with E-state index >= 15 is 0 Å². The van der Waals surface area contributed by atoms with Gasteiger partial charge in [0.2, 0.25) is 5.91 Å². The van der Waals surface area contributed by atoms with E-state index in [0.29, 0.717) is 40.6 Å². The molecule has 1 heterocycles. The van der Waals surface area contributed by atoms with E-state index in [2.05, 4.69) is 25.9 Å². The number of benzene rings is 2. The van der Waals surface area contributed by atoms with Gasteiger partial charge < -0.3 is 20.9 Å². The second kappa shape index (κ2) is 8.14. The van der Waals surface area contributed by atoms with Gasteiger partial charge >= 0.3 is 6.03 Å². The molecule has 148 valence electrons. The summed E-state index contributed by atoms with van der Waals surface area (Å²) >= 11 is 0. The Morgan fingerprint density at radius 1 is 1.00 bits per heavy atom. The number of para-hydroxylation sites is 1. The number of carbonyl (C=O) groups is 2. The van der Waals surface area contributed by atoms with Crippen LogP contribution in [-0.2, 0) is 11.2 Å². The van der Waals surface area contributed by atoms with Gasteiger partial charge in [-0.2, -0.15) is 0 Å². The number of carbonyl (C=O) groups excluding carboxylic acids is 2. The molecule has 0 saturated heterocycles. The summed E-state index contributed by atoms with van der Waals surface area (Å²) in [5.74, 6) is 0.290. The number of aryl methyl sites for hydroxylation is 1. The minimum absolute atomic E-state index is 0.186. The molecule has 2 aromatic carbocycles. The van der Waals surface area contributed by atoms with Crippen molar-refractivity contribution < 1.29 is 9.59 Å². The van der Waals surface area contributed by atoms with Gasteiger partial charge in [-0.05, 0) is 49.2 Å². The molecule has 8 nitrogen and oxygen atoms in total. The lowest BCUT2D eigenvalue weighted by atomic mass is 10.2. The summed E-state index contributed by atoms with van der Waals surface area (Å²) < 4.78 is 0. The maximum absolute atomic E-state index is 12.2. The molecule has 1 saturated carbocycles. The summed E-state index contributed by atoms with van der Waals surface area (Å²) in [6, 6.07) is 14.1. The Labute approximate surface area is 166 Å². The van der Waals surface area contributed by atoms with Crippen LogP contribution >= 0.6 is 0 Å². The van der Waals surface area contributed by atoms with Crippen LogP contribution in [0.1, 0.15) is 25.1 Å². The van der Waals surface area contributed by atoms with Gasteiger partial charge in [0.15, 0.2) is 0 Å². The smallest absolute Gasteiger partial charge is 0.319 e. The summed E-state index contributed by atoms with van der Waals surface area (Å²) in [5.41, 5.74) is 1.68. The summed E-state index contributed by atoms with van der Waals surface area (Å²) in [4.78, 5) is 43.1. The highest BCUT2D eigenvalue weighted by molar-refractivity contribution is 5.92. The van der Waals surface area contributed by atoms with E-state index in [1.807, 2.05) is 6.07 Å². The van der Waals surface area contributed by atoms with Crippen LogP contribution < -0.4 is 21.5 Å². The lowest BCUT2D eigenvalue weighted by molar-refractivity contribution is -0.116. The Kier molecular flexibility index (Phi) is 5.24. The van der Waals surface area contributed by atoms with E-state index in [4.69, 9.17) is 0 Å². The third-order valence-corrected chi connectivity index (χ3v) is 4.59. The number of amides is 3. The van der Waals surface area contributed by atoms with Gasteiger partial charge in [-0.1, -0.05) is 12.1 Å². The van der Waals surface area contributed by atoms with Gasteiger partial charge in [0.05, 0.1) is 10.9 Å². The molecule has 29 heavy (non-hydrogen) atoms. The van der Waals surface area contributed by atoms with E-state index in [0.717, 1.165) is 12.8 Å². The van der Waals surface area contributed by atoms with Crippen LogP contribution in [0.15, 0.2) is 53.3 Å². The zero-order valence-electron chi connectivity index (χ0n) is 15.7. The first-order valence-electron chi connectivity index (χ1n) is 9.52. The van der Waals surface area contributed by atoms with Crippen molar-refractivity contribution in [1.29, 1.82) is 0 Å². The highest BCUT2D eigenvalue weighted by Gasteiger charge is 2.23. The first kappa shape index (κ1) is 18.7. The van der Waals surface area contributed by atoms with Gasteiger partial charge in [0.1, 0.15) is 5.82 Å². The third-order valence-electron chi connectivity index (χ3n) is 4.59. The molecule has 0 radical (unpaired) electrons. The van der Waals surface area contributed by atoms with Gasteiger partial charge in [0, 0.05) is 30.3 Å². The summed E-state index contributed by atoms with van der Waals surface area (Å²) in [6.45, 7) is 0. The van der Waals surface area contributed by atoms with E-state index < -0.39 is 0 Å². The Bertz CT molecular complexity index is 1100. The van der Waals surface area contributed by atoms with Gasteiger partial charge in [-0.15, -0.1) is 0 Å². The number of hydrogen-bond acceptors (Lipinski definition) is 4. The molecule has 0 spiro atoms. The van der Waals surface area contributed by atoms with Crippen LogP contribution in [-0.4, -0.2) is 27.9 Å². The molecule has 1 aromatic heterocycles. The van der Waals surface area contributed by atoms with Crippen LogP contribution in [0.25, 0.3) is 10.9 Å². The zero-order valence-corrected chi connectivity index (χ0v) is 15.7. The van der Waals surface area contributed by atoms with E-state index in [9.17, 15) is 14.4 Å². The van der Waals surface area contributed by atoms with Crippen LogP contribution in [0, 0.1) is 0 Å². The number of anilines is 2. The minimum atomic E-state index is -0.221. The van der Waals surface area contributed by atoms with Crippen molar-refractivity contribution >= 4 is 34.2 Å². The van der Waals surface area contributed by atoms with Crippen LogP contribution in [0.4, 0.5) is 16.2 Å². The summed E-state index contributed by atoms with van der Waals surface area (Å²) in [7, 11) is 0. The van der Waals surface area contributed by atoms with Crippen LogP contribution in [0.2, 0.25) is 0 Å². The Morgan fingerprint density at radius 3 is 2.41 bits per heavy atom. The maximum Gasteiger partial charge on any atom is 0.319 e. The number of aromatic nitrogens is 2. The summed E-state index contributed by atoms with van der Waals surface area (Å²) in [6.07, 6.45) is 2.57. The molecule has 1 aliphatic rings. The minimum Gasteiger partial charge on any atom is -0.335 e. The predicted molar refractivity (Wildman–Crippen MR) is 111 cm³/mol. The number of rotatable bonds is 6. The topological polar surface area (TPSA) is 116 Å². The number of fused-ring (bicyclic) bond motifs is 1. The molecular formula is C21H21N5O3. The predicted octanol–water partition coefficient (Wildman–Crippen LogP) is 2.78. The SMILES string of the molecule is O=C(CCc1nc2ccccc2c(=O)[nH]1)Nc1ccc(NC(=O)NC2CC2)cc1. The van der Waals surface area contributed by atoms with Crippen molar-refractivity contribution in [2.24, 2.45) is 0 Å². The zero-order chi connectivity index (χ0) is 20.2. The van der Waals surface area contributed by atoms with Crippen molar-refractivity contribution in [3.8, 4) is 0 Å².